The monoisotopic (exact) mass is 689 g/mol. The third-order valence-electron chi connectivity index (χ3n) is 8.80. The first-order valence-corrected chi connectivity index (χ1v) is 17.9. The van der Waals surface area contributed by atoms with Crippen LogP contribution in [-0.4, -0.2) is 98.3 Å². The Kier molecular flexibility index (Phi) is 12.7. The van der Waals surface area contributed by atoms with Crippen molar-refractivity contribution in [3.05, 3.63) is 60.2 Å². The molecule has 0 bridgehead atoms. The van der Waals surface area contributed by atoms with Crippen molar-refractivity contribution in [2.75, 3.05) is 38.6 Å². The largest absolute Gasteiger partial charge is 0.530 e. The van der Waals surface area contributed by atoms with Crippen molar-refractivity contribution in [1.82, 2.24) is 14.5 Å². The summed E-state index contributed by atoms with van der Waals surface area (Å²) in [4.78, 5) is 25.9. The zero-order valence-corrected chi connectivity index (χ0v) is 28.9. The standard InChI is InChI=1S/C34H50N4O9S/c1-23(2)47-32(40)36-16-9-15-34(3,4)22-37(48(43,44)26-13-8-12-25(35)19-26)20-30(39)28(18-24-10-6-5-7-11-24)38(33(41)42)29-21-46-31-27(29)14-17-45-31/h5-8,10-13,19,23,27-31,39H,9,14-18,20-22,35H2,1-4H3,(H,36,40)(H,41,42)/p-1/t27-,28-,29-,30+,31+/m0/s1. The van der Waals surface area contributed by atoms with Gasteiger partial charge in [-0.05, 0) is 68.7 Å². The molecule has 0 unspecified atom stereocenters. The Hall–Kier alpha value is -3.43. The van der Waals surface area contributed by atoms with E-state index in [2.05, 4.69) is 5.32 Å². The second kappa shape index (κ2) is 16.3. The minimum Gasteiger partial charge on any atom is -0.530 e. The number of carbonyl (C=O) groups is 2. The number of nitrogens with one attached hydrogen (secondary N) is 1. The number of sulfonamides is 1. The Morgan fingerprint density at radius 3 is 2.54 bits per heavy atom. The highest BCUT2D eigenvalue weighted by Crippen LogP contribution is 2.36. The summed E-state index contributed by atoms with van der Waals surface area (Å²) in [7, 11) is -4.22. The van der Waals surface area contributed by atoms with Crippen molar-refractivity contribution in [3.63, 3.8) is 0 Å². The van der Waals surface area contributed by atoms with E-state index >= 15 is 0 Å². The molecule has 4 rings (SSSR count). The number of nitrogens with zero attached hydrogens (tertiary/aromatic N) is 2. The number of benzene rings is 2. The third kappa shape index (κ3) is 9.82. The minimum atomic E-state index is -4.22. The fourth-order valence-electron chi connectivity index (χ4n) is 6.49. The molecule has 0 spiro atoms. The number of hydrogen-bond acceptors (Lipinski definition) is 10. The van der Waals surface area contributed by atoms with Gasteiger partial charge in [0, 0.05) is 31.2 Å². The van der Waals surface area contributed by atoms with Gasteiger partial charge >= 0.3 is 6.09 Å². The van der Waals surface area contributed by atoms with E-state index in [-0.39, 0.29) is 42.2 Å². The van der Waals surface area contributed by atoms with Gasteiger partial charge in [0.15, 0.2) is 6.29 Å². The second-order valence-corrected chi connectivity index (χ2v) is 15.5. The van der Waals surface area contributed by atoms with E-state index in [1.54, 1.807) is 26.0 Å². The number of amides is 2. The van der Waals surface area contributed by atoms with Crippen molar-refractivity contribution in [1.29, 1.82) is 0 Å². The van der Waals surface area contributed by atoms with Crippen LogP contribution in [0, 0.1) is 11.3 Å². The average molecular weight is 690 g/mol. The molecule has 2 aliphatic heterocycles. The summed E-state index contributed by atoms with van der Waals surface area (Å²) in [6.45, 7) is 7.72. The number of hydrogen-bond donors (Lipinski definition) is 3. The molecule has 13 nitrogen and oxygen atoms in total. The third-order valence-corrected chi connectivity index (χ3v) is 10.6. The summed E-state index contributed by atoms with van der Waals surface area (Å²) >= 11 is 0. The van der Waals surface area contributed by atoms with Crippen LogP contribution in [0.4, 0.5) is 15.3 Å². The van der Waals surface area contributed by atoms with Gasteiger partial charge in [0.05, 0.1) is 42.4 Å². The van der Waals surface area contributed by atoms with E-state index in [0.29, 0.717) is 32.4 Å². The molecule has 14 heteroatoms. The summed E-state index contributed by atoms with van der Waals surface area (Å²) in [5, 5.41) is 27.5. The van der Waals surface area contributed by atoms with E-state index in [1.165, 1.54) is 16.4 Å². The van der Waals surface area contributed by atoms with Crippen LogP contribution < -0.4 is 16.2 Å². The highest BCUT2D eigenvalue weighted by atomic mass is 32.2. The number of aliphatic hydroxyl groups is 1. The zero-order chi connectivity index (χ0) is 35.1. The summed E-state index contributed by atoms with van der Waals surface area (Å²) in [6.07, 6.45) is -2.51. The maximum absolute atomic E-state index is 14.2. The van der Waals surface area contributed by atoms with Gasteiger partial charge in [-0.15, -0.1) is 0 Å². The smallest absolute Gasteiger partial charge is 0.407 e. The molecule has 2 aliphatic rings. The summed E-state index contributed by atoms with van der Waals surface area (Å²) < 4.78 is 46.1. The lowest BCUT2D eigenvalue weighted by Gasteiger charge is -2.43. The van der Waals surface area contributed by atoms with Gasteiger partial charge in [0.1, 0.15) is 6.09 Å². The molecule has 2 aromatic rings. The minimum absolute atomic E-state index is 0.00785. The number of anilines is 1. The van der Waals surface area contributed by atoms with Crippen LogP contribution in [0.1, 0.15) is 52.5 Å². The summed E-state index contributed by atoms with van der Waals surface area (Å²) in [6, 6.07) is 13.3. The highest BCUT2D eigenvalue weighted by molar-refractivity contribution is 7.89. The first-order chi connectivity index (χ1) is 22.7. The number of fused-ring (bicyclic) bond motifs is 1. The first-order valence-electron chi connectivity index (χ1n) is 16.4. The molecule has 0 saturated carbocycles. The Balaban J connectivity index is 1.62. The SMILES string of the molecule is CC(C)OC(=O)NCCCC(C)(C)CN(C[C@@H](O)[C@H](Cc1ccccc1)N(C(=O)[O-])[C@H]1CO[C@H]2OCC[C@H]21)S(=O)(=O)c1cccc(N)c1. The van der Waals surface area contributed by atoms with Crippen molar-refractivity contribution in [2.24, 2.45) is 11.3 Å². The van der Waals surface area contributed by atoms with Gasteiger partial charge in [-0.25, -0.2) is 13.2 Å². The lowest BCUT2D eigenvalue weighted by atomic mass is 9.87. The van der Waals surface area contributed by atoms with E-state index in [0.717, 1.165) is 10.5 Å². The van der Waals surface area contributed by atoms with Crippen molar-refractivity contribution in [3.8, 4) is 0 Å². The van der Waals surface area contributed by atoms with Crippen LogP contribution in [-0.2, 0) is 30.7 Å². The van der Waals surface area contributed by atoms with Crippen LogP contribution in [0.5, 0.6) is 0 Å². The summed E-state index contributed by atoms with van der Waals surface area (Å²) in [5.74, 6) is -0.245. The normalized spacial score (nSPS) is 20.8. The fourth-order valence-corrected chi connectivity index (χ4v) is 8.19. The Morgan fingerprint density at radius 1 is 1.15 bits per heavy atom. The Morgan fingerprint density at radius 2 is 1.88 bits per heavy atom. The number of aliphatic hydroxyl groups excluding tert-OH is 1. The molecule has 2 heterocycles. The van der Waals surface area contributed by atoms with Gasteiger partial charge in [-0.2, -0.15) is 4.31 Å². The number of alkyl carbamates (subject to hydrolysis) is 1. The summed E-state index contributed by atoms with van der Waals surface area (Å²) in [5.41, 5.74) is 6.37. The van der Waals surface area contributed by atoms with Gasteiger partial charge in [-0.1, -0.05) is 50.2 Å². The maximum atomic E-state index is 14.2. The van der Waals surface area contributed by atoms with Crippen LogP contribution in [0.2, 0.25) is 0 Å². The zero-order valence-electron chi connectivity index (χ0n) is 28.1. The molecule has 266 valence electrons. The van der Waals surface area contributed by atoms with Gasteiger partial charge in [0.25, 0.3) is 0 Å². The Labute approximate surface area is 283 Å². The molecule has 0 aromatic heterocycles. The molecule has 48 heavy (non-hydrogen) atoms. The molecule has 0 radical (unpaired) electrons. The quantitative estimate of drug-likeness (QED) is 0.175. The molecule has 0 aliphatic carbocycles. The van der Waals surface area contributed by atoms with Crippen LogP contribution in [0.15, 0.2) is 59.5 Å². The van der Waals surface area contributed by atoms with E-state index in [1.807, 2.05) is 44.2 Å². The predicted molar refractivity (Wildman–Crippen MR) is 177 cm³/mol. The molecule has 2 aromatic carbocycles. The number of nitrogens with two attached hydrogens (primary N) is 1. The number of ether oxygens (including phenoxy) is 3. The van der Waals surface area contributed by atoms with E-state index in [4.69, 9.17) is 19.9 Å². The highest BCUT2D eigenvalue weighted by Gasteiger charge is 2.47. The lowest BCUT2D eigenvalue weighted by molar-refractivity contribution is -0.273. The van der Waals surface area contributed by atoms with Crippen molar-refractivity contribution >= 4 is 27.9 Å². The van der Waals surface area contributed by atoms with Crippen LogP contribution in [0.3, 0.4) is 0 Å². The second-order valence-electron chi connectivity index (χ2n) is 13.6. The molecule has 5 atom stereocenters. The van der Waals surface area contributed by atoms with Crippen LogP contribution in [0.25, 0.3) is 0 Å². The first kappa shape index (κ1) is 37.4. The number of nitrogen functional groups attached to an aromatic ring is 1. The number of carboxylic acid groups (broad SMARTS) is 1. The molecular weight excluding hydrogens is 640 g/mol. The number of rotatable bonds is 16. The van der Waals surface area contributed by atoms with Gasteiger partial charge < -0.3 is 45.2 Å². The lowest BCUT2D eigenvalue weighted by Crippen LogP contribution is -2.61. The van der Waals surface area contributed by atoms with Crippen LogP contribution >= 0.6 is 0 Å². The molecular formula is C34H49N4O9S-. The molecule has 2 amide bonds. The predicted octanol–water partition coefficient (Wildman–Crippen LogP) is 2.58. The van der Waals surface area contributed by atoms with Crippen molar-refractivity contribution < 1.29 is 42.4 Å². The van der Waals surface area contributed by atoms with E-state index in [9.17, 15) is 28.2 Å². The van der Waals surface area contributed by atoms with Crippen molar-refractivity contribution in [2.45, 2.75) is 88.9 Å². The fraction of sp³-hybridized carbons (Fsp3) is 0.588. The Bertz CT molecular complexity index is 1470. The van der Waals surface area contributed by atoms with Gasteiger partial charge in [-0.3, -0.25) is 0 Å². The molecule has 2 saturated heterocycles. The van der Waals surface area contributed by atoms with Gasteiger partial charge in [0.2, 0.25) is 10.0 Å². The number of carbonyl (C=O) groups excluding carboxylic acids is 2. The van der Waals surface area contributed by atoms with E-state index < -0.39 is 58.6 Å². The topological polar surface area (TPSA) is 184 Å². The maximum Gasteiger partial charge on any atom is 0.407 e. The molecule has 2 fully saturated rings. The molecule has 4 N–H and O–H groups in total. The average Bonchev–Trinajstić information content (AvgIpc) is 3.64.